The molecule has 6 heteroatoms. The van der Waals surface area contributed by atoms with Crippen molar-refractivity contribution in [1.82, 2.24) is 4.98 Å². The van der Waals surface area contributed by atoms with Crippen molar-refractivity contribution in [2.45, 2.75) is 11.9 Å². The molecule has 0 bridgehead atoms. The Bertz CT molecular complexity index is 473. The monoisotopic (exact) mass is 197 g/mol. The Hall–Kier alpha value is -1.45. The molecule has 0 saturated heterocycles. The van der Waals surface area contributed by atoms with Crippen molar-refractivity contribution in [3.63, 3.8) is 0 Å². The minimum absolute atomic E-state index is 0.233. The van der Waals surface area contributed by atoms with Gasteiger partial charge in [0.25, 0.3) is 10.0 Å². The first-order chi connectivity index (χ1) is 5.93. The minimum Gasteiger partial charge on any atom is -0.240 e. The molecule has 0 aliphatic rings. The molecule has 0 amide bonds. The van der Waals surface area contributed by atoms with Crippen LogP contribution in [0, 0.1) is 18.3 Å². The van der Waals surface area contributed by atoms with E-state index in [1.54, 1.807) is 6.92 Å². The fourth-order valence-corrected chi connectivity index (χ4v) is 1.41. The highest BCUT2D eigenvalue weighted by Crippen LogP contribution is 2.07. The first kappa shape index (κ1) is 9.64. The Morgan fingerprint density at radius 1 is 1.54 bits per heavy atom. The largest absolute Gasteiger partial charge is 0.255 e. The predicted octanol–water partition coefficient (Wildman–Crippen LogP) is -0.0909. The lowest BCUT2D eigenvalue weighted by molar-refractivity contribution is 0.593. The molecule has 1 aromatic rings. The van der Waals surface area contributed by atoms with E-state index < -0.39 is 10.0 Å². The fraction of sp³-hybridized carbons (Fsp3) is 0.143. The Morgan fingerprint density at radius 2 is 2.15 bits per heavy atom. The van der Waals surface area contributed by atoms with Crippen molar-refractivity contribution in [3.05, 3.63) is 23.4 Å². The number of rotatable bonds is 1. The summed E-state index contributed by atoms with van der Waals surface area (Å²) in [6, 6.07) is 4.44. The van der Waals surface area contributed by atoms with Crippen LogP contribution in [0.4, 0.5) is 0 Å². The van der Waals surface area contributed by atoms with E-state index in [0.29, 0.717) is 5.69 Å². The van der Waals surface area contributed by atoms with Crippen LogP contribution in [0.15, 0.2) is 17.2 Å². The smallest absolute Gasteiger partial charge is 0.240 e. The van der Waals surface area contributed by atoms with Gasteiger partial charge in [0.2, 0.25) is 0 Å². The number of aryl methyl sites for hydroxylation is 1. The SMILES string of the molecule is Cc1cc(C#N)cc(S(N)(=O)=O)n1. The van der Waals surface area contributed by atoms with Gasteiger partial charge >= 0.3 is 0 Å². The van der Waals surface area contributed by atoms with Gasteiger partial charge in [-0.1, -0.05) is 0 Å². The second-order valence-electron chi connectivity index (χ2n) is 2.49. The summed E-state index contributed by atoms with van der Waals surface area (Å²) in [7, 11) is -3.82. The second kappa shape index (κ2) is 3.12. The summed E-state index contributed by atoms with van der Waals surface area (Å²) >= 11 is 0. The van der Waals surface area contributed by atoms with Crippen LogP contribution in [-0.4, -0.2) is 13.4 Å². The number of hydrogen-bond acceptors (Lipinski definition) is 4. The van der Waals surface area contributed by atoms with Gasteiger partial charge in [-0.3, -0.25) is 0 Å². The average Bonchev–Trinajstić information content (AvgIpc) is 2.01. The highest BCUT2D eigenvalue weighted by atomic mass is 32.2. The van der Waals surface area contributed by atoms with Crippen LogP contribution in [-0.2, 0) is 10.0 Å². The fourth-order valence-electron chi connectivity index (χ4n) is 0.848. The summed E-state index contributed by atoms with van der Waals surface area (Å²) in [6.45, 7) is 1.59. The Labute approximate surface area is 75.9 Å². The lowest BCUT2D eigenvalue weighted by Gasteiger charge is -1.99. The highest BCUT2D eigenvalue weighted by molar-refractivity contribution is 7.89. The zero-order valence-corrected chi connectivity index (χ0v) is 7.67. The van der Waals surface area contributed by atoms with E-state index in [1.807, 2.05) is 6.07 Å². The molecule has 0 fully saturated rings. The Balaban J connectivity index is 3.44. The first-order valence-corrected chi connectivity index (χ1v) is 4.90. The molecule has 0 saturated carbocycles. The number of aromatic nitrogens is 1. The van der Waals surface area contributed by atoms with Gasteiger partial charge in [0.05, 0.1) is 11.6 Å². The molecule has 5 nitrogen and oxygen atoms in total. The van der Waals surface area contributed by atoms with E-state index in [9.17, 15) is 8.42 Å². The number of primary sulfonamides is 1. The molecule has 0 aliphatic carbocycles. The maximum atomic E-state index is 10.9. The van der Waals surface area contributed by atoms with E-state index in [2.05, 4.69) is 4.98 Å². The van der Waals surface area contributed by atoms with E-state index >= 15 is 0 Å². The summed E-state index contributed by atoms with van der Waals surface area (Å²) in [5.41, 5.74) is 0.680. The van der Waals surface area contributed by atoms with E-state index in [1.165, 1.54) is 6.07 Å². The van der Waals surface area contributed by atoms with Crippen LogP contribution in [0.1, 0.15) is 11.3 Å². The quantitative estimate of drug-likeness (QED) is 0.680. The molecule has 13 heavy (non-hydrogen) atoms. The molecule has 0 radical (unpaired) electrons. The van der Waals surface area contributed by atoms with E-state index in [0.717, 1.165) is 6.07 Å². The number of nitrogens with two attached hydrogens (primary N) is 1. The molecular weight excluding hydrogens is 190 g/mol. The molecular formula is C7H7N3O2S. The van der Waals surface area contributed by atoms with Gasteiger partial charge in [-0.25, -0.2) is 18.5 Å². The summed E-state index contributed by atoms with van der Waals surface area (Å²) in [6.07, 6.45) is 0. The van der Waals surface area contributed by atoms with Crippen LogP contribution in [0.5, 0.6) is 0 Å². The number of nitriles is 1. The Morgan fingerprint density at radius 3 is 2.62 bits per heavy atom. The van der Waals surface area contributed by atoms with Gasteiger partial charge in [0.1, 0.15) is 0 Å². The van der Waals surface area contributed by atoms with E-state index in [-0.39, 0.29) is 10.6 Å². The average molecular weight is 197 g/mol. The second-order valence-corrected chi connectivity index (χ2v) is 4.00. The lowest BCUT2D eigenvalue weighted by atomic mass is 10.2. The van der Waals surface area contributed by atoms with Crippen LogP contribution in [0.2, 0.25) is 0 Å². The third-order valence-electron chi connectivity index (χ3n) is 1.35. The van der Waals surface area contributed by atoms with Crippen LogP contribution < -0.4 is 5.14 Å². The molecule has 0 spiro atoms. The Kier molecular flexibility index (Phi) is 2.32. The van der Waals surface area contributed by atoms with Gasteiger partial charge in [0, 0.05) is 5.69 Å². The predicted molar refractivity (Wildman–Crippen MR) is 45.1 cm³/mol. The number of hydrogen-bond donors (Lipinski definition) is 1. The van der Waals surface area contributed by atoms with Gasteiger partial charge in [-0.2, -0.15) is 5.26 Å². The number of sulfonamides is 1. The molecule has 0 atom stereocenters. The van der Waals surface area contributed by atoms with Crippen LogP contribution >= 0.6 is 0 Å². The minimum atomic E-state index is -3.82. The summed E-state index contributed by atoms with van der Waals surface area (Å²) in [5.74, 6) is 0. The summed E-state index contributed by atoms with van der Waals surface area (Å²) in [5, 5.41) is 13.1. The van der Waals surface area contributed by atoms with Crippen molar-refractivity contribution in [3.8, 4) is 6.07 Å². The van der Waals surface area contributed by atoms with Crippen molar-refractivity contribution in [1.29, 1.82) is 5.26 Å². The van der Waals surface area contributed by atoms with Crippen molar-refractivity contribution < 1.29 is 8.42 Å². The molecule has 0 aliphatic heterocycles. The molecule has 68 valence electrons. The maximum absolute atomic E-state index is 10.9. The zero-order chi connectivity index (χ0) is 10.1. The number of nitrogens with zero attached hydrogens (tertiary/aromatic N) is 2. The zero-order valence-electron chi connectivity index (χ0n) is 6.85. The van der Waals surface area contributed by atoms with Gasteiger partial charge in [-0.15, -0.1) is 0 Å². The molecule has 2 N–H and O–H groups in total. The van der Waals surface area contributed by atoms with Gasteiger partial charge < -0.3 is 0 Å². The molecule has 0 aromatic carbocycles. The molecule has 0 unspecified atom stereocenters. The molecule has 1 rings (SSSR count). The van der Waals surface area contributed by atoms with Crippen molar-refractivity contribution >= 4 is 10.0 Å². The molecule has 1 aromatic heterocycles. The number of pyridine rings is 1. The maximum Gasteiger partial charge on any atom is 0.255 e. The normalized spacial score (nSPS) is 10.8. The third kappa shape index (κ3) is 2.24. The van der Waals surface area contributed by atoms with Crippen LogP contribution in [0.3, 0.4) is 0 Å². The van der Waals surface area contributed by atoms with Gasteiger partial charge in [0.15, 0.2) is 5.03 Å². The van der Waals surface area contributed by atoms with E-state index in [4.69, 9.17) is 10.4 Å². The molecule has 1 heterocycles. The standard InChI is InChI=1S/C7H7N3O2S/c1-5-2-6(4-8)3-7(10-5)13(9,11)12/h2-3H,1H3,(H2,9,11,12). The van der Waals surface area contributed by atoms with Gasteiger partial charge in [-0.05, 0) is 19.1 Å². The van der Waals surface area contributed by atoms with Crippen LogP contribution in [0.25, 0.3) is 0 Å². The first-order valence-electron chi connectivity index (χ1n) is 3.35. The summed E-state index contributed by atoms with van der Waals surface area (Å²) in [4.78, 5) is 3.69. The topological polar surface area (TPSA) is 96.8 Å². The van der Waals surface area contributed by atoms with Crippen molar-refractivity contribution in [2.75, 3.05) is 0 Å². The third-order valence-corrected chi connectivity index (χ3v) is 2.14. The highest BCUT2D eigenvalue weighted by Gasteiger charge is 2.10. The summed E-state index contributed by atoms with van der Waals surface area (Å²) < 4.78 is 21.7. The lowest BCUT2D eigenvalue weighted by Crippen LogP contribution is -2.14. The van der Waals surface area contributed by atoms with Crippen molar-refractivity contribution in [2.24, 2.45) is 5.14 Å².